The van der Waals surface area contributed by atoms with E-state index in [0.717, 1.165) is 0 Å². The van der Waals surface area contributed by atoms with E-state index in [2.05, 4.69) is 4.98 Å². The van der Waals surface area contributed by atoms with Crippen LogP contribution in [0.5, 0.6) is 0 Å². The lowest BCUT2D eigenvalue weighted by Crippen LogP contribution is -2.39. The van der Waals surface area contributed by atoms with Crippen molar-refractivity contribution in [3.8, 4) is 0 Å². The Balaban J connectivity index is 2.58. The highest BCUT2D eigenvalue weighted by molar-refractivity contribution is 7.92. The quantitative estimate of drug-likeness (QED) is 0.666. The minimum absolute atomic E-state index is 0.0183. The molecule has 2 heterocycles. The van der Waals surface area contributed by atoms with Crippen LogP contribution >= 0.6 is 0 Å². The maximum atomic E-state index is 12.9. The number of amides is 1. The van der Waals surface area contributed by atoms with Crippen molar-refractivity contribution in [2.75, 3.05) is 13.2 Å². The molecule has 2 atom stereocenters. The molecule has 8 nitrogen and oxygen atoms in total. The smallest absolute Gasteiger partial charge is 0.410 e. The monoisotopic (exact) mass is 426 g/mol. The van der Waals surface area contributed by atoms with Crippen molar-refractivity contribution in [1.82, 2.24) is 9.88 Å². The van der Waals surface area contributed by atoms with Crippen molar-refractivity contribution in [1.29, 1.82) is 0 Å². The second-order valence-electron chi connectivity index (χ2n) is 8.25. The van der Waals surface area contributed by atoms with Crippen LogP contribution < -0.4 is 0 Å². The predicted molar refractivity (Wildman–Crippen MR) is 107 cm³/mol. The molecule has 1 aromatic rings. The first-order valence-electron chi connectivity index (χ1n) is 9.75. The highest BCUT2D eigenvalue weighted by Crippen LogP contribution is 2.41. The Labute approximate surface area is 172 Å². The van der Waals surface area contributed by atoms with Gasteiger partial charge in [0.2, 0.25) is 0 Å². The van der Waals surface area contributed by atoms with Gasteiger partial charge in [0.25, 0.3) is 0 Å². The number of aromatic nitrogens is 1. The lowest BCUT2D eigenvalue weighted by Gasteiger charge is -2.30. The molecule has 0 unspecified atom stereocenters. The molecule has 9 heteroatoms. The van der Waals surface area contributed by atoms with Gasteiger partial charge in [-0.2, -0.15) is 0 Å². The maximum absolute atomic E-state index is 12.9. The SMILES string of the molecule is CCOC(=O)[C@H]1CCN(C(=O)OC(C)(C)C)[C@H]1c1ncccc1S(=O)(=O)C(C)C. The Bertz CT molecular complexity index is 860. The molecule has 2 rings (SSSR count). The van der Waals surface area contributed by atoms with Gasteiger partial charge in [0, 0.05) is 12.7 Å². The molecule has 1 fully saturated rings. The van der Waals surface area contributed by atoms with Crippen molar-refractivity contribution in [3.63, 3.8) is 0 Å². The zero-order chi connectivity index (χ0) is 22.0. The van der Waals surface area contributed by atoms with E-state index in [0.29, 0.717) is 6.42 Å². The fraction of sp³-hybridized carbons (Fsp3) is 0.650. The van der Waals surface area contributed by atoms with E-state index in [1.54, 1.807) is 41.5 Å². The molecule has 0 aliphatic carbocycles. The molecule has 162 valence electrons. The predicted octanol–water partition coefficient (Wildman–Crippen LogP) is 3.12. The van der Waals surface area contributed by atoms with Crippen molar-refractivity contribution in [2.24, 2.45) is 5.92 Å². The number of ether oxygens (including phenoxy) is 2. The van der Waals surface area contributed by atoms with Crippen LogP contribution in [0.4, 0.5) is 4.79 Å². The van der Waals surface area contributed by atoms with Gasteiger partial charge in [-0.15, -0.1) is 0 Å². The number of likely N-dealkylation sites (tertiary alicyclic amines) is 1. The Morgan fingerprint density at radius 2 is 1.97 bits per heavy atom. The number of carbonyl (C=O) groups excluding carboxylic acids is 2. The first kappa shape index (κ1) is 23.1. The lowest BCUT2D eigenvalue weighted by atomic mass is 9.97. The number of sulfone groups is 1. The third kappa shape index (κ3) is 5.07. The van der Waals surface area contributed by atoms with E-state index in [4.69, 9.17) is 9.47 Å². The van der Waals surface area contributed by atoms with Crippen LogP contribution in [0.15, 0.2) is 23.2 Å². The van der Waals surface area contributed by atoms with E-state index in [1.165, 1.54) is 23.2 Å². The summed E-state index contributed by atoms with van der Waals surface area (Å²) in [4.78, 5) is 31.1. The van der Waals surface area contributed by atoms with Crippen molar-refractivity contribution in [2.45, 2.75) is 69.8 Å². The van der Waals surface area contributed by atoms with Crippen LogP contribution in [-0.4, -0.2) is 54.4 Å². The molecule has 0 aromatic carbocycles. The summed E-state index contributed by atoms with van der Waals surface area (Å²) in [5.41, 5.74) is -0.566. The van der Waals surface area contributed by atoms with Crippen LogP contribution in [-0.2, 0) is 24.1 Å². The van der Waals surface area contributed by atoms with E-state index in [1.807, 2.05) is 0 Å². The Kier molecular flexibility index (Phi) is 6.93. The molecule has 29 heavy (non-hydrogen) atoms. The van der Waals surface area contributed by atoms with Gasteiger partial charge in [0.15, 0.2) is 9.84 Å². The highest BCUT2D eigenvalue weighted by atomic mass is 32.2. The topological polar surface area (TPSA) is 103 Å². The van der Waals surface area contributed by atoms with Crippen LogP contribution in [0.1, 0.15) is 59.7 Å². The number of hydrogen-bond donors (Lipinski definition) is 0. The molecule has 1 aromatic heterocycles. The first-order chi connectivity index (χ1) is 13.4. The van der Waals surface area contributed by atoms with Gasteiger partial charge in [0.1, 0.15) is 5.60 Å². The number of pyridine rings is 1. The summed E-state index contributed by atoms with van der Waals surface area (Å²) in [6.07, 6.45) is 1.18. The normalized spacial score (nSPS) is 20.0. The van der Waals surface area contributed by atoms with Gasteiger partial charge in [-0.3, -0.25) is 14.7 Å². The Hall–Kier alpha value is -2.16. The van der Waals surface area contributed by atoms with Crippen LogP contribution in [0, 0.1) is 5.92 Å². The molecule has 0 N–H and O–H groups in total. The van der Waals surface area contributed by atoms with Gasteiger partial charge in [-0.05, 0) is 60.1 Å². The lowest BCUT2D eigenvalue weighted by molar-refractivity contribution is -0.148. The highest BCUT2D eigenvalue weighted by Gasteiger charge is 2.47. The van der Waals surface area contributed by atoms with Gasteiger partial charge in [-0.25, -0.2) is 13.2 Å². The number of carbonyl (C=O) groups is 2. The number of nitrogens with zero attached hydrogens (tertiary/aromatic N) is 2. The van der Waals surface area contributed by atoms with Crippen LogP contribution in [0.3, 0.4) is 0 Å². The van der Waals surface area contributed by atoms with E-state index < -0.39 is 44.7 Å². The molecule has 0 spiro atoms. The fourth-order valence-electron chi connectivity index (χ4n) is 3.27. The maximum Gasteiger partial charge on any atom is 0.410 e. The third-order valence-electron chi connectivity index (χ3n) is 4.62. The molecular formula is C20H30N2O6S. The summed E-state index contributed by atoms with van der Waals surface area (Å²) in [6.45, 7) is 10.5. The van der Waals surface area contributed by atoms with Gasteiger partial charge in [-0.1, -0.05) is 0 Å². The van der Waals surface area contributed by atoms with Gasteiger partial charge >= 0.3 is 12.1 Å². The number of esters is 1. The second-order valence-corrected chi connectivity index (χ2v) is 10.7. The third-order valence-corrected chi connectivity index (χ3v) is 6.82. The Morgan fingerprint density at radius 1 is 1.31 bits per heavy atom. The molecule has 0 bridgehead atoms. The van der Waals surface area contributed by atoms with E-state index in [9.17, 15) is 18.0 Å². The summed E-state index contributed by atoms with van der Waals surface area (Å²) in [7, 11) is -3.68. The second kappa shape index (κ2) is 8.69. The summed E-state index contributed by atoms with van der Waals surface area (Å²) in [5, 5.41) is -0.678. The summed E-state index contributed by atoms with van der Waals surface area (Å²) >= 11 is 0. The summed E-state index contributed by atoms with van der Waals surface area (Å²) in [6, 6.07) is 2.12. The molecule has 1 aliphatic rings. The summed E-state index contributed by atoms with van der Waals surface area (Å²) < 4.78 is 36.5. The standard InChI is InChI=1S/C20H30N2O6S/c1-7-27-18(23)14-10-12-22(19(24)28-20(4,5)6)17(14)16-15(9-8-11-21-16)29(25,26)13(2)3/h8-9,11,13-14,17H,7,10,12H2,1-6H3/t14-,17+/m0/s1. The van der Waals surface area contributed by atoms with Gasteiger partial charge in [0.05, 0.1) is 34.4 Å². The van der Waals surface area contributed by atoms with E-state index in [-0.39, 0.29) is 23.7 Å². The van der Waals surface area contributed by atoms with E-state index >= 15 is 0 Å². The molecular weight excluding hydrogens is 396 g/mol. The number of rotatable bonds is 5. The fourth-order valence-corrected chi connectivity index (χ4v) is 4.51. The number of hydrogen-bond acceptors (Lipinski definition) is 7. The largest absolute Gasteiger partial charge is 0.466 e. The minimum Gasteiger partial charge on any atom is -0.466 e. The molecule has 1 aliphatic heterocycles. The zero-order valence-electron chi connectivity index (χ0n) is 17.8. The van der Waals surface area contributed by atoms with Crippen molar-refractivity contribution in [3.05, 3.63) is 24.0 Å². The molecule has 1 saturated heterocycles. The average molecular weight is 427 g/mol. The Morgan fingerprint density at radius 3 is 2.52 bits per heavy atom. The van der Waals surface area contributed by atoms with Crippen molar-refractivity contribution >= 4 is 21.9 Å². The molecule has 0 radical (unpaired) electrons. The average Bonchev–Trinajstić information content (AvgIpc) is 3.05. The van der Waals surface area contributed by atoms with Crippen molar-refractivity contribution < 1.29 is 27.5 Å². The zero-order valence-corrected chi connectivity index (χ0v) is 18.7. The van der Waals surface area contributed by atoms with Gasteiger partial charge < -0.3 is 9.47 Å². The summed E-state index contributed by atoms with van der Waals surface area (Å²) in [5.74, 6) is -1.21. The molecule has 0 saturated carbocycles. The minimum atomic E-state index is -3.68. The molecule has 1 amide bonds. The van der Waals surface area contributed by atoms with Crippen LogP contribution in [0.2, 0.25) is 0 Å². The van der Waals surface area contributed by atoms with Crippen LogP contribution in [0.25, 0.3) is 0 Å². The first-order valence-corrected chi connectivity index (χ1v) is 11.3.